The molecule has 0 aliphatic heterocycles. The van der Waals surface area contributed by atoms with Crippen molar-refractivity contribution in [3.63, 3.8) is 0 Å². The van der Waals surface area contributed by atoms with Gasteiger partial charge in [0.1, 0.15) is 5.69 Å². The van der Waals surface area contributed by atoms with Crippen LogP contribution in [0.1, 0.15) is 23.1 Å². The standard InChI is InChI=1S/C20H19N5O2/c1-14(26)24-15-5-7-16(8-6-15)25-17-9-11-22-19(12-17)20(27)23-13-18-4-2-3-10-21-18/h2-12H,13H2,1H3,(H,22,25)(H,23,27)(H,24,26). The molecule has 0 aliphatic carbocycles. The highest BCUT2D eigenvalue weighted by molar-refractivity contribution is 5.93. The van der Waals surface area contributed by atoms with Gasteiger partial charge in [0.15, 0.2) is 0 Å². The second-order valence-electron chi connectivity index (χ2n) is 5.82. The van der Waals surface area contributed by atoms with E-state index in [0.29, 0.717) is 12.2 Å². The smallest absolute Gasteiger partial charge is 0.270 e. The quantitative estimate of drug-likeness (QED) is 0.627. The lowest BCUT2D eigenvalue weighted by Gasteiger charge is -2.09. The van der Waals surface area contributed by atoms with Crippen LogP contribution in [-0.4, -0.2) is 21.8 Å². The Bertz CT molecular complexity index is 927. The number of carbonyl (C=O) groups is 2. The molecule has 0 aliphatic rings. The predicted octanol–water partition coefficient (Wildman–Crippen LogP) is 3.11. The minimum atomic E-state index is -0.273. The summed E-state index contributed by atoms with van der Waals surface area (Å²) in [6.07, 6.45) is 3.26. The molecule has 3 aromatic rings. The van der Waals surface area contributed by atoms with Crippen LogP contribution in [0.4, 0.5) is 17.1 Å². The Hall–Kier alpha value is -3.74. The van der Waals surface area contributed by atoms with Crippen LogP contribution >= 0.6 is 0 Å². The number of benzene rings is 1. The van der Waals surface area contributed by atoms with Crippen molar-refractivity contribution in [3.05, 3.63) is 78.4 Å². The van der Waals surface area contributed by atoms with Crippen LogP contribution in [-0.2, 0) is 11.3 Å². The zero-order valence-corrected chi connectivity index (χ0v) is 14.8. The lowest BCUT2D eigenvalue weighted by Crippen LogP contribution is -2.24. The number of anilines is 3. The second kappa shape index (κ2) is 8.57. The van der Waals surface area contributed by atoms with E-state index < -0.39 is 0 Å². The zero-order valence-electron chi connectivity index (χ0n) is 14.8. The van der Waals surface area contributed by atoms with E-state index in [1.54, 1.807) is 36.7 Å². The van der Waals surface area contributed by atoms with Crippen molar-refractivity contribution in [2.75, 3.05) is 10.6 Å². The SMILES string of the molecule is CC(=O)Nc1ccc(Nc2ccnc(C(=O)NCc3ccccn3)c2)cc1. The fourth-order valence-corrected chi connectivity index (χ4v) is 2.40. The molecule has 3 rings (SSSR count). The molecule has 0 radical (unpaired) electrons. The number of carbonyl (C=O) groups excluding carboxylic acids is 2. The van der Waals surface area contributed by atoms with Gasteiger partial charge in [-0.15, -0.1) is 0 Å². The number of aromatic nitrogens is 2. The lowest BCUT2D eigenvalue weighted by molar-refractivity contribution is -0.114. The Balaban J connectivity index is 1.62. The molecular formula is C20H19N5O2. The molecule has 0 atom stereocenters. The summed E-state index contributed by atoms with van der Waals surface area (Å²) in [5.74, 6) is -0.392. The number of rotatable bonds is 6. The van der Waals surface area contributed by atoms with Gasteiger partial charge in [0.05, 0.1) is 12.2 Å². The van der Waals surface area contributed by atoms with Crippen molar-refractivity contribution >= 4 is 28.9 Å². The minimum Gasteiger partial charge on any atom is -0.355 e. The van der Waals surface area contributed by atoms with Crippen LogP contribution in [0.25, 0.3) is 0 Å². The van der Waals surface area contributed by atoms with E-state index in [1.807, 2.05) is 30.3 Å². The number of nitrogens with zero attached hydrogens (tertiary/aromatic N) is 2. The molecule has 2 aromatic heterocycles. The highest BCUT2D eigenvalue weighted by Crippen LogP contribution is 2.19. The maximum Gasteiger partial charge on any atom is 0.270 e. The predicted molar refractivity (Wildman–Crippen MR) is 104 cm³/mol. The van der Waals surface area contributed by atoms with Crippen molar-refractivity contribution in [2.45, 2.75) is 13.5 Å². The Labute approximate surface area is 156 Å². The van der Waals surface area contributed by atoms with E-state index in [2.05, 4.69) is 25.9 Å². The first kappa shape index (κ1) is 18.1. The lowest BCUT2D eigenvalue weighted by atomic mass is 10.2. The summed E-state index contributed by atoms with van der Waals surface area (Å²) in [7, 11) is 0. The maximum atomic E-state index is 12.3. The van der Waals surface area contributed by atoms with Crippen molar-refractivity contribution in [2.24, 2.45) is 0 Å². The van der Waals surface area contributed by atoms with Gasteiger partial charge in [-0.25, -0.2) is 0 Å². The van der Waals surface area contributed by atoms with E-state index in [9.17, 15) is 9.59 Å². The van der Waals surface area contributed by atoms with E-state index in [4.69, 9.17) is 0 Å². The van der Waals surface area contributed by atoms with Gasteiger partial charge in [-0.2, -0.15) is 0 Å². The van der Waals surface area contributed by atoms with E-state index in [-0.39, 0.29) is 11.8 Å². The summed E-state index contributed by atoms with van der Waals surface area (Å²) in [5, 5.41) is 8.72. The molecule has 0 spiro atoms. The Morgan fingerprint density at radius 2 is 1.67 bits per heavy atom. The molecule has 7 nitrogen and oxygen atoms in total. The third-order valence-electron chi connectivity index (χ3n) is 3.64. The summed E-state index contributed by atoms with van der Waals surface area (Å²) in [6.45, 7) is 1.80. The van der Waals surface area contributed by atoms with E-state index in [0.717, 1.165) is 22.8 Å². The number of hydrogen-bond donors (Lipinski definition) is 3. The molecular weight excluding hydrogens is 342 g/mol. The van der Waals surface area contributed by atoms with Crippen LogP contribution in [0.3, 0.4) is 0 Å². The van der Waals surface area contributed by atoms with Gasteiger partial charge >= 0.3 is 0 Å². The molecule has 27 heavy (non-hydrogen) atoms. The number of hydrogen-bond acceptors (Lipinski definition) is 5. The summed E-state index contributed by atoms with van der Waals surface area (Å²) in [5.41, 5.74) is 3.37. The highest BCUT2D eigenvalue weighted by Gasteiger charge is 2.08. The van der Waals surface area contributed by atoms with E-state index >= 15 is 0 Å². The largest absolute Gasteiger partial charge is 0.355 e. The molecule has 0 fully saturated rings. The first-order valence-electron chi connectivity index (χ1n) is 8.39. The molecule has 0 saturated carbocycles. The molecule has 0 bridgehead atoms. The van der Waals surface area contributed by atoms with Crippen molar-refractivity contribution in [1.82, 2.24) is 15.3 Å². The molecule has 1 aromatic carbocycles. The van der Waals surface area contributed by atoms with Gasteiger partial charge in [0.25, 0.3) is 5.91 Å². The average molecular weight is 361 g/mol. The first-order chi connectivity index (χ1) is 13.1. The van der Waals surface area contributed by atoms with Crippen LogP contribution in [0.2, 0.25) is 0 Å². The van der Waals surface area contributed by atoms with Crippen molar-refractivity contribution < 1.29 is 9.59 Å². The third-order valence-corrected chi connectivity index (χ3v) is 3.64. The topological polar surface area (TPSA) is 96.0 Å². The number of amides is 2. The first-order valence-corrected chi connectivity index (χ1v) is 8.39. The molecule has 136 valence electrons. The van der Waals surface area contributed by atoms with Gasteiger partial charge in [-0.05, 0) is 48.5 Å². The summed E-state index contributed by atoms with van der Waals surface area (Å²) in [4.78, 5) is 31.6. The Morgan fingerprint density at radius 3 is 2.37 bits per heavy atom. The number of pyridine rings is 2. The van der Waals surface area contributed by atoms with Gasteiger partial charge in [-0.3, -0.25) is 19.6 Å². The Kier molecular flexibility index (Phi) is 5.73. The molecule has 2 amide bonds. The minimum absolute atomic E-state index is 0.119. The van der Waals surface area contributed by atoms with Crippen LogP contribution in [0.15, 0.2) is 67.0 Å². The third kappa shape index (κ3) is 5.37. The fraction of sp³-hybridized carbons (Fsp3) is 0.100. The molecule has 0 unspecified atom stereocenters. The summed E-state index contributed by atoms with van der Waals surface area (Å²) >= 11 is 0. The maximum absolute atomic E-state index is 12.3. The monoisotopic (exact) mass is 361 g/mol. The molecule has 7 heteroatoms. The van der Waals surface area contributed by atoms with Crippen molar-refractivity contribution in [3.8, 4) is 0 Å². The van der Waals surface area contributed by atoms with Gasteiger partial charge in [0, 0.05) is 36.4 Å². The van der Waals surface area contributed by atoms with E-state index in [1.165, 1.54) is 6.92 Å². The molecule has 3 N–H and O–H groups in total. The van der Waals surface area contributed by atoms with Gasteiger partial charge < -0.3 is 16.0 Å². The summed E-state index contributed by atoms with van der Waals surface area (Å²) in [6, 6.07) is 16.3. The van der Waals surface area contributed by atoms with Gasteiger partial charge in [-0.1, -0.05) is 6.07 Å². The van der Waals surface area contributed by atoms with Gasteiger partial charge in [0.2, 0.25) is 5.91 Å². The fourth-order valence-electron chi connectivity index (χ4n) is 2.40. The highest BCUT2D eigenvalue weighted by atomic mass is 16.2. The van der Waals surface area contributed by atoms with Crippen LogP contribution < -0.4 is 16.0 Å². The van der Waals surface area contributed by atoms with Crippen LogP contribution in [0.5, 0.6) is 0 Å². The average Bonchev–Trinajstić information content (AvgIpc) is 2.68. The molecule has 2 heterocycles. The number of nitrogens with one attached hydrogen (secondary N) is 3. The Morgan fingerprint density at radius 1 is 0.889 bits per heavy atom. The second-order valence-corrected chi connectivity index (χ2v) is 5.82. The summed E-state index contributed by atoms with van der Waals surface area (Å²) < 4.78 is 0. The zero-order chi connectivity index (χ0) is 19.1. The van der Waals surface area contributed by atoms with Crippen molar-refractivity contribution in [1.29, 1.82) is 0 Å². The normalized spacial score (nSPS) is 10.1. The van der Waals surface area contributed by atoms with Crippen LogP contribution in [0, 0.1) is 0 Å². The molecule has 0 saturated heterocycles.